The molecule has 1 aromatic rings. The first-order chi connectivity index (χ1) is 8.31. The molecule has 0 aliphatic heterocycles. The van der Waals surface area contributed by atoms with Gasteiger partial charge in [-0.2, -0.15) is 0 Å². The Morgan fingerprint density at radius 3 is 2.61 bits per heavy atom. The molecule has 100 valence electrons. The second-order valence-corrected chi connectivity index (χ2v) is 5.47. The summed E-state index contributed by atoms with van der Waals surface area (Å²) in [5, 5.41) is 10.7. The van der Waals surface area contributed by atoms with Crippen molar-refractivity contribution in [1.29, 1.82) is 0 Å². The fourth-order valence-corrected chi connectivity index (χ4v) is 1.45. The van der Waals surface area contributed by atoms with Gasteiger partial charge in [-0.15, -0.1) is 0 Å². The van der Waals surface area contributed by atoms with E-state index in [2.05, 4.69) is 20.8 Å². The maximum Gasteiger partial charge on any atom is 0.292 e. The second kappa shape index (κ2) is 5.82. The summed E-state index contributed by atoms with van der Waals surface area (Å²) < 4.78 is 5.51. The Morgan fingerprint density at radius 2 is 2.06 bits per heavy atom. The molecule has 0 aliphatic rings. The van der Waals surface area contributed by atoms with Crippen molar-refractivity contribution >= 4 is 11.4 Å². The largest absolute Gasteiger partial charge is 0.393 e. The molecule has 0 bridgehead atoms. The number of hydrogen-bond acceptors (Lipinski definition) is 4. The van der Waals surface area contributed by atoms with Crippen molar-refractivity contribution in [3.05, 3.63) is 33.9 Å². The van der Waals surface area contributed by atoms with Gasteiger partial charge >= 0.3 is 0 Å². The average molecular weight is 252 g/mol. The number of anilines is 1. The highest BCUT2D eigenvalue weighted by atomic mass is 16.6. The van der Waals surface area contributed by atoms with Crippen molar-refractivity contribution < 1.29 is 9.66 Å². The number of nitrogens with zero attached hydrogens (tertiary/aromatic N) is 1. The number of ether oxygens (including phenoxy) is 1. The molecule has 0 unspecified atom stereocenters. The Labute approximate surface area is 107 Å². The molecule has 0 aromatic heterocycles. The monoisotopic (exact) mass is 252 g/mol. The number of rotatable bonds is 5. The SMILES string of the molecule is CC(C)(C)CCOCc1cccc([N+](=O)[O-])c1N. The van der Waals surface area contributed by atoms with E-state index in [4.69, 9.17) is 10.5 Å². The van der Waals surface area contributed by atoms with E-state index in [-0.39, 0.29) is 16.8 Å². The fourth-order valence-electron chi connectivity index (χ4n) is 1.45. The van der Waals surface area contributed by atoms with Gasteiger partial charge in [0.2, 0.25) is 0 Å². The fraction of sp³-hybridized carbons (Fsp3) is 0.538. The van der Waals surface area contributed by atoms with Crippen LogP contribution in [0, 0.1) is 15.5 Å². The molecule has 18 heavy (non-hydrogen) atoms. The van der Waals surface area contributed by atoms with Crippen molar-refractivity contribution in [3.63, 3.8) is 0 Å². The summed E-state index contributed by atoms with van der Waals surface area (Å²) in [4.78, 5) is 10.2. The van der Waals surface area contributed by atoms with Crippen molar-refractivity contribution in [1.82, 2.24) is 0 Å². The van der Waals surface area contributed by atoms with Gasteiger partial charge in [-0.1, -0.05) is 32.9 Å². The van der Waals surface area contributed by atoms with Crippen LogP contribution in [0.1, 0.15) is 32.8 Å². The lowest BCUT2D eigenvalue weighted by Crippen LogP contribution is -2.10. The average Bonchev–Trinajstić information content (AvgIpc) is 2.24. The first-order valence-corrected chi connectivity index (χ1v) is 5.91. The van der Waals surface area contributed by atoms with E-state index in [1.165, 1.54) is 6.07 Å². The van der Waals surface area contributed by atoms with E-state index in [1.54, 1.807) is 12.1 Å². The van der Waals surface area contributed by atoms with Crippen LogP contribution in [-0.2, 0) is 11.3 Å². The van der Waals surface area contributed by atoms with Crippen LogP contribution in [0.2, 0.25) is 0 Å². The van der Waals surface area contributed by atoms with Crippen LogP contribution in [0.5, 0.6) is 0 Å². The minimum Gasteiger partial charge on any atom is -0.393 e. The van der Waals surface area contributed by atoms with Gasteiger partial charge in [0.15, 0.2) is 0 Å². The normalized spacial score (nSPS) is 11.5. The van der Waals surface area contributed by atoms with Gasteiger partial charge in [-0.05, 0) is 11.8 Å². The molecule has 0 radical (unpaired) electrons. The summed E-state index contributed by atoms with van der Waals surface area (Å²) in [5.41, 5.74) is 6.74. The Kier molecular flexibility index (Phi) is 4.67. The Hall–Kier alpha value is -1.62. The summed E-state index contributed by atoms with van der Waals surface area (Å²) in [5.74, 6) is 0. The summed E-state index contributed by atoms with van der Waals surface area (Å²) in [6, 6.07) is 4.77. The minimum atomic E-state index is -0.478. The lowest BCUT2D eigenvalue weighted by molar-refractivity contribution is -0.384. The zero-order chi connectivity index (χ0) is 13.8. The highest BCUT2D eigenvalue weighted by molar-refractivity contribution is 5.62. The van der Waals surface area contributed by atoms with E-state index >= 15 is 0 Å². The Bertz CT molecular complexity index is 425. The predicted molar refractivity (Wildman–Crippen MR) is 71.2 cm³/mol. The quantitative estimate of drug-likeness (QED) is 0.378. The number of nitrogens with two attached hydrogens (primary N) is 1. The molecule has 0 saturated heterocycles. The lowest BCUT2D eigenvalue weighted by atomic mass is 9.93. The highest BCUT2D eigenvalue weighted by Gasteiger charge is 2.14. The van der Waals surface area contributed by atoms with Crippen LogP contribution in [0.3, 0.4) is 0 Å². The summed E-state index contributed by atoms with van der Waals surface area (Å²) in [6.07, 6.45) is 0.932. The molecule has 0 fully saturated rings. The maximum atomic E-state index is 10.7. The van der Waals surface area contributed by atoms with E-state index in [0.717, 1.165) is 6.42 Å². The van der Waals surface area contributed by atoms with Gasteiger partial charge in [0, 0.05) is 18.2 Å². The number of nitro benzene ring substituents is 1. The third-order valence-corrected chi connectivity index (χ3v) is 2.62. The summed E-state index contributed by atoms with van der Waals surface area (Å²) in [7, 11) is 0. The molecule has 1 aromatic carbocycles. The number of para-hydroxylation sites is 1. The summed E-state index contributed by atoms with van der Waals surface area (Å²) >= 11 is 0. The molecule has 0 heterocycles. The maximum absolute atomic E-state index is 10.7. The second-order valence-electron chi connectivity index (χ2n) is 5.47. The lowest BCUT2D eigenvalue weighted by Gasteiger charge is -2.17. The van der Waals surface area contributed by atoms with Crippen LogP contribution in [-0.4, -0.2) is 11.5 Å². The van der Waals surface area contributed by atoms with Crippen LogP contribution < -0.4 is 5.73 Å². The van der Waals surface area contributed by atoms with E-state index in [0.29, 0.717) is 18.8 Å². The third kappa shape index (κ3) is 4.33. The Morgan fingerprint density at radius 1 is 1.39 bits per heavy atom. The standard InChI is InChI=1S/C13H20N2O3/c1-13(2,3)7-8-18-9-10-5-4-6-11(12(10)14)15(16)17/h4-6H,7-9,14H2,1-3H3. The molecule has 0 aliphatic carbocycles. The summed E-state index contributed by atoms with van der Waals surface area (Å²) in [6.45, 7) is 7.34. The molecule has 1 rings (SSSR count). The van der Waals surface area contributed by atoms with Crippen LogP contribution >= 0.6 is 0 Å². The molecule has 5 nitrogen and oxygen atoms in total. The predicted octanol–water partition coefficient (Wildman–Crippen LogP) is 3.13. The molecule has 0 spiro atoms. The van der Waals surface area contributed by atoms with Gasteiger partial charge in [-0.3, -0.25) is 10.1 Å². The van der Waals surface area contributed by atoms with Crippen molar-refractivity contribution in [2.24, 2.45) is 5.41 Å². The molecule has 5 heteroatoms. The van der Waals surface area contributed by atoms with Gasteiger partial charge in [-0.25, -0.2) is 0 Å². The molecule has 2 N–H and O–H groups in total. The van der Waals surface area contributed by atoms with Crippen molar-refractivity contribution in [2.45, 2.75) is 33.8 Å². The number of nitro groups is 1. The number of nitrogen functional groups attached to an aromatic ring is 1. The van der Waals surface area contributed by atoms with E-state index in [9.17, 15) is 10.1 Å². The minimum absolute atomic E-state index is 0.0630. The van der Waals surface area contributed by atoms with Gasteiger partial charge < -0.3 is 10.5 Å². The molecular formula is C13H20N2O3. The molecule has 0 atom stereocenters. The van der Waals surface area contributed by atoms with Crippen LogP contribution in [0.4, 0.5) is 11.4 Å². The van der Waals surface area contributed by atoms with Crippen LogP contribution in [0.25, 0.3) is 0 Å². The Balaban J connectivity index is 2.58. The third-order valence-electron chi connectivity index (χ3n) is 2.62. The molecule has 0 amide bonds. The van der Waals surface area contributed by atoms with Gasteiger partial charge in [0.05, 0.1) is 11.5 Å². The smallest absolute Gasteiger partial charge is 0.292 e. The molecule has 0 saturated carbocycles. The zero-order valence-electron chi connectivity index (χ0n) is 11.1. The highest BCUT2D eigenvalue weighted by Crippen LogP contribution is 2.25. The van der Waals surface area contributed by atoms with Gasteiger partial charge in [0.25, 0.3) is 5.69 Å². The van der Waals surface area contributed by atoms with Gasteiger partial charge in [0.1, 0.15) is 5.69 Å². The van der Waals surface area contributed by atoms with Crippen molar-refractivity contribution in [2.75, 3.05) is 12.3 Å². The first-order valence-electron chi connectivity index (χ1n) is 5.91. The molecular weight excluding hydrogens is 232 g/mol. The van der Waals surface area contributed by atoms with Crippen LogP contribution in [0.15, 0.2) is 18.2 Å². The topological polar surface area (TPSA) is 78.4 Å². The number of hydrogen-bond donors (Lipinski definition) is 1. The first kappa shape index (κ1) is 14.4. The van der Waals surface area contributed by atoms with E-state index in [1.807, 2.05) is 0 Å². The van der Waals surface area contributed by atoms with E-state index < -0.39 is 4.92 Å². The van der Waals surface area contributed by atoms with Crippen molar-refractivity contribution in [3.8, 4) is 0 Å². The zero-order valence-corrected chi connectivity index (χ0v) is 11.1. The number of benzene rings is 1.